The third kappa shape index (κ3) is 2.91. The lowest BCUT2D eigenvalue weighted by Crippen LogP contribution is -2.15. The minimum atomic E-state index is 0.616. The number of halogens is 1. The van der Waals surface area contributed by atoms with E-state index >= 15 is 0 Å². The summed E-state index contributed by atoms with van der Waals surface area (Å²) < 4.78 is 4.20. The van der Waals surface area contributed by atoms with Crippen molar-refractivity contribution in [1.29, 1.82) is 0 Å². The summed E-state index contributed by atoms with van der Waals surface area (Å²) >= 11 is 8.94. The molecule has 3 nitrogen and oxygen atoms in total. The molecule has 0 fully saturated rings. The van der Waals surface area contributed by atoms with Gasteiger partial charge in [-0.15, -0.1) is 11.8 Å². The molecule has 1 aromatic heterocycles. The van der Waals surface area contributed by atoms with Crippen LogP contribution in [0.3, 0.4) is 0 Å². The number of nitrogens with zero attached hydrogens (tertiary/aromatic N) is 2. The number of aromatic nitrogens is 1. The molecule has 0 spiro atoms. The van der Waals surface area contributed by atoms with Crippen molar-refractivity contribution in [2.24, 2.45) is 0 Å². The van der Waals surface area contributed by atoms with Crippen LogP contribution in [0.15, 0.2) is 29.2 Å². The van der Waals surface area contributed by atoms with Crippen LogP contribution in [-0.4, -0.2) is 17.7 Å². The summed E-state index contributed by atoms with van der Waals surface area (Å²) in [6.45, 7) is 0.812. The predicted octanol–water partition coefficient (Wildman–Crippen LogP) is 3.74. The highest BCUT2D eigenvalue weighted by molar-refractivity contribution is 7.99. The van der Waals surface area contributed by atoms with Crippen molar-refractivity contribution in [3.63, 3.8) is 0 Å². The zero-order valence-electron chi connectivity index (χ0n) is 10.2. The van der Waals surface area contributed by atoms with Gasteiger partial charge in [0.25, 0.3) is 0 Å². The maximum absolute atomic E-state index is 5.87. The van der Waals surface area contributed by atoms with E-state index in [0.29, 0.717) is 5.82 Å². The number of nitrogen functional groups attached to an aromatic ring is 1. The molecule has 0 unspecified atom stereocenters. The van der Waals surface area contributed by atoms with E-state index in [1.807, 2.05) is 37.6 Å². The van der Waals surface area contributed by atoms with Crippen LogP contribution in [0.25, 0.3) is 0 Å². The van der Waals surface area contributed by atoms with E-state index in [1.54, 1.807) is 11.8 Å². The largest absolute Gasteiger partial charge is 0.382 e. The molecule has 2 N–H and O–H groups in total. The number of hydrogen-bond acceptors (Lipinski definition) is 5. The second kappa shape index (κ2) is 5.82. The van der Waals surface area contributed by atoms with Crippen LogP contribution in [-0.2, 0) is 6.54 Å². The molecule has 1 aromatic carbocycles. The highest BCUT2D eigenvalue weighted by Crippen LogP contribution is 2.37. The minimum Gasteiger partial charge on any atom is -0.382 e. The molecule has 0 radical (unpaired) electrons. The van der Waals surface area contributed by atoms with Gasteiger partial charge < -0.3 is 10.6 Å². The Morgan fingerprint density at radius 2 is 2.06 bits per heavy atom. The molecule has 0 aliphatic rings. The molecular formula is C12H14ClN3S2. The van der Waals surface area contributed by atoms with Gasteiger partial charge in [-0.25, -0.2) is 0 Å². The molecule has 18 heavy (non-hydrogen) atoms. The summed E-state index contributed by atoms with van der Waals surface area (Å²) in [5, 5.41) is 1.86. The van der Waals surface area contributed by atoms with Crippen molar-refractivity contribution in [2.75, 3.05) is 23.9 Å². The Balaban J connectivity index is 2.16. The van der Waals surface area contributed by atoms with Crippen LogP contribution in [0.4, 0.5) is 10.8 Å². The molecular weight excluding hydrogens is 286 g/mol. The second-order valence-corrected chi connectivity index (χ2v) is 5.89. The Labute approximate surface area is 120 Å². The van der Waals surface area contributed by atoms with Crippen molar-refractivity contribution in [1.82, 2.24) is 4.37 Å². The van der Waals surface area contributed by atoms with Gasteiger partial charge in [-0.2, -0.15) is 4.37 Å². The van der Waals surface area contributed by atoms with Gasteiger partial charge >= 0.3 is 0 Å². The molecule has 96 valence electrons. The fourth-order valence-electron chi connectivity index (χ4n) is 1.66. The highest BCUT2D eigenvalue weighted by Gasteiger charge is 2.14. The number of hydrogen-bond donors (Lipinski definition) is 1. The monoisotopic (exact) mass is 299 g/mol. The average molecular weight is 300 g/mol. The van der Waals surface area contributed by atoms with Crippen LogP contribution in [0.5, 0.6) is 0 Å². The number of anilines is 2. The fourth-order valence-corrected chi connectivity index (χ4v) is 3.45. The third-order valence-corrected chi connectivity index (χ3v) is 4.71. The lowest BCUT2D eigenvalue weighted by molar-refractivity contribution is 0.925. The Hall–Kier alpha value is -0.910. The first-order valence-electron chi connectivity index (χ1n) is 5.36. The van der Waals surface area contributed by atoms with Crippen LogP contribution >= 0.6 is 34.9 Å². The Kier molecular flexibility index (Phi) is 4.37. The Bertz CT molecular complexity index is 525. The van der Waals surface area contributed by atoms with Crippen LogP contribution in [0.2, 0.25) is 5.02 Å². The van der Waals surface area contributed by atoms with E-state index in [9.17, 15) is 0 Å². The number of benzene rings is 1. The zero-order chi connectivity index (χ0) is 13.1. The normalized spacial score (nSPS) is 10.6. The molecule has 6 heteroatoms. The third-order valence-electron chi connectivity index (χ3n) is 2.54. The van der Waals surface area contributed by atoms with E-state index in [1.165, 1.54) is 17.1 Å². The number of rotatable bonds is 4. The first-order chi connectivity index (χ1) is 8.61. The van der Waals surface area contributed by atoms with Gasteiger partial charge in [-0.3, -0.25) is 0 Å². The summed E-state index contributed by atoms with van der Waals surface area (Å²) in [5.41, 5.74) is 7.05. The van der Waals surface area contributed by atoms with Gasteiger partial charge in [0.15, 0.2) is 5.82 Å². The summed E-state index contributed by atoms with van der Waals surface area (Å²) in [6, 6.07) is 7.87. The lowest BCUT2D eigenvalue weighted by atomic mass is 10.2. The predicted molar refractivity (Wildman–Crippen MR) is 81.9 cm³/mol. The lowest BCUT2D eigenvalue weighted by Gasteiger charge is -2.18. The summed E-state index contributed by atoms with van der Waals surface area (Å²) in [5.74, 6) is 0.616. The second-order valence-electron chi connectivity index (χ2n) is 3.89. The zero-order valence-corrected chi connectivity index (χ0v) is 12.6. The maximum Gasteiger partial charge on any atom is 0.153 e. The highest BCUT2D eigenvalue weighted by atomic mass is 35.5. The first kappa shape index (κ1) is 13.5. The standard InChI is InChI=1S/C12H14ClN3S2/c1-16(7-8-3-5-9(13)6-4-8)12-10(17-2)11(14)15-18-12/h3-6H,7H2,1-2H3,(H2,14,15). The molecule has 0 saturated carbocycles. The van der Waals surface area contributed by atoms with Gasteiger partial charge in [0, 0.05) is 18.6 Å². The van der Waals surface area contributed by atoms with Crippen molar-refractivity contribution in [3.05, 3.63) is 34.9 Å². The van der Waals surface area contributed by atoms with Crippen molar-refractivity contribution in [2.45, 2.75) is 11.4 Å². The van der Waals surface area contributed by atoms with Crippen LogP contribution in [0.1, 0.15) is 5.56 Å². The van der Waals surface area contributed by atoms with E-state index in [4.69, 9.17) is 17.3 Å². The van der Waals surface area contributed by atoms with Gasteiger partial charge in [0.1, 0.15) is 5.00 Å². The van der Waals surface area contributed by atoms with E-state index < -0.39 is 0 Å². The Morgan fingerprint density at radius 3 is 2.67 bits per heavy atom. The van der Waals surface area contributed by atoms with Crippen LogP contribution < -0.4 is 10.6 Å². The topological polar surface area (TPSA) is 42.1 Å². The van der Waals surface area contributed by atoms with E-state index in [2.05, 4.69) is 9.27 Å². The Morgan fingerprint density at radius 1 is 1.39 bits per heavy atom. The quantitative estimate of drug-likeness (QED) is 0.873. The van der Waals surface area contributed by atoms with Crippen molar-refractivity contribution in [3.8, 4) is 0 Å². The molecule has 0 aliphatic heterocycles. The van der Waals surface area contributed by atoms with Gasteiger partial charge in [0.05, 0.1) is 4.90 Å². The molecule has 0 saturated heterocycles. The summed E-state index contributed by atoms with van der Waals surface area (Å²) in [4.78, 5) is 3.21. The average Bonchev–Trinajstić information content (AvgIpc) is 2.73. The minimum absolute atomic E-state index is 0.616. The maximum atomic E-state index is 5.87. The fraction of sp³-hybridized carbons (Fsp3) is 0.250. The van der Waals surface area contributed by atoms with Gasteiger partial charge in [-0.05, 0) is 35.5 Å². The van der Waals surface area contributed by atoms with Crippen LogP contribution in [0, 0.1) is 0 Å². The molecule has 2 rings (SSSR count). The molecule has 0 amide bonds. The van der Waals surface area contributed by atoms with Crippen molar-refractivity contribution >= 4 is 45.7 Å². The van der Waals surface area contributed by atoms with Gasteiger partial charge in [-0.1, -0.05) is 23.7 Å². The molecule has 0 atom stereocenters. The smallest absolute Gasteiger partial charge is 0.153 e. The number of nitrogens with two attached hydrogens (primary N) is 1. The molecule has 2 aromatic rings. The van der Waals surface area contributed by atoms with E-state index in [0.717, 1.165) is 21.5 Å². The first-order valence-corrected chi connectivity index (χ1v) is 7.74. The van der Waals surface area contributed by atoms with Gasteiger partial charge in [0.2, 0.25) is 0 Å². The summed E-state index contributed by atoms with van der Waals surface area (Å²) in [6.07, 6.45) is 2.01. The molecule has 0 bridgehead atoms. The summed E-state index contributed by atoms with van der Waals surface area (Å²) in [7, 11) is 2.04. The molecule has 0 aliphatic carbocycles. The van der Waals surface area contributed by atoms with E-state index in [-0.39, 0.29) is 0 Å². The molecule has 1 heterocycles. The SMILES string of the molecule is CSc1c(N)nsc1N(C)Cc1ccc(Cl)cc1. The number of thioether (sulfide) groups is 1. The van der Waals surface area contributed by atoms with Crippen molar-refractivity contribution < 1.29 is 0 Å².